The average molecular weight is 404 g/mol. The quantitative estimate of drug-likeness (QED) is 0.668. The Balaban J connectivity index is 1.34. The SMILES string of the molecule is Nc1nc(CN2CCC[C@H]2c2ccc3c(c2)OCCO3)nc(Nc2ccccc2)n1. The van der Waals surface area contributed by atoms with Crippen LogP contribution in [0.25, 0.3) is 0 Å². The van der Waals surface area contributed by atoms with Crippen LogP contribution >= 0.6 is 0 Å². The number of anilines is 3. The van der Waals surface area contributed by atoms with Crippen LogP contribution in [0.5, 0.6) is 11.5 Å². The van der Waals surface area contributed by atoms with Crippen LogP contribution in [-0.2, 0) is 6.54 Å². The van der Waals surface area contributed by atoms with E-state index in [0.29, 0.717) is 31.5 Å². The van der Waals surface area contributed by atoms with Crippen molar-refractivity contribution in [1.82, 2.24) is 19.9 Å². The van der Waals surface area contributed by atoms with Gasteiger partial charge in [0.15, 0.2) is 11.5 Å². The number of fused-ring (bicyclic) bond motifs is 1. The Morgan fingerprint density at radius 2 is 1.83 bits per heavy atom. The molecule has 1 fully saturated rings. The maximum absolute atomic E-state index is 5.96. The number of hydrogen-bond donors (Lipinski definition) is 2. The molecule has 8 heteroatoms. The van der Waals surface area contributed by atoms with Gasteiger partial charge in [0.25, 0.3) is 0 Å². The minimum absolute atomic E-state index is 0.216. The zero-order chi connectivity index (χ0) is 20.3. The number of benzene rings is 2. The molecule has 0 unspecified atom stereocenters. The summed E-state index contributed by atoms with van der Waals surface area (Å²) in [4.78, 5) is 15.6. The second kappa shape index (κ2) is 8.16. The van der Waals surface area contributed by atoms with Crippen LogP contribution in [0.2, 0.25) is 0 Å². The molecule has 0 bridgehead atoms. The van der Waals surface area contributed by atoms with Gasteiger partial charge in [-0.3, -0.25) is 4.90 Å². The van der Waals surface area contributed by atoms with Crippen LogP contribution in [0.1, 0.15) is 30.3 Å². The number of nitrogens with one attached hydrogen (secondary N) is 1. The minimum Gasteiger partial charge on any atom is -0.486 e. The number of hydrogen-bond acceptors (Lipinski definition) is 8. The number of ether oxygens (including phenoxy) is 2. The molecule has 154 valence electrons. The standard InChI is InChI=1S/C22H24N6O2/c23-21-25-20(26-22(27-21)24-16-5-2-1-3-6-16)14-28-10-4-7-17(28)15-8-9-18-19(13-15)30-12-11-29-18/h1-3,5-6,8-9,13,17H,4,7,10-12,14H2,(H3,23,24,25,26,27)/t17-/m0/s1. The molecule has 1 aromatic heterocycles. The largest absolute Gasteiger partial charge is 0.486 e. The summed E-state index contributed by atoms with van der Waals surface area (Å²) in [7, 11) is 0. The molecular formula is C22H24N6O2. The highest BCUT2D eigenvalue weighted by molar-refractivity contribution is 5.53. The first-order valence-electron chi connectivity index (χ1n) is 10.2. The molecule has 3 aromatic rings. The molecule has 0 aliphatic carbocycles. The maximum Gasteiger partial charge on any atom is 0.232 e. The van der Waals surface area contributed by atoms with E-state index in [1.54, 1.807) is 0 Å². The molecule has 2 aliphatic heterocycles. The summed E-state index contributed by atoms with van der Waals surface area (Å²) in [5.41, 5.74) is 8.09. The van der Waals surface area contributed by atoms with E-state index in [0.717, 1.165) is 36.6 Å². The van der Waals surface area contributed by atoms with E-state index >= 15 is 0 Å². The van der Waals surface area contributed by atoms with Gasteiger partial charge in [0.1, 0.15) is 19.0 Å². The highest BCUT2D eigenvalue weighted by atomic mass is 16.6. The van der Waals surface area contributed by atoms with Gasteiger partial charge in [-0.2, -0.15) is 15.0 Å². The molecule has 0 amide bonds. The second-order valence-electron chi connectivity index (χ2n) is 7.46. The van der Waals surface area contributed by atoms with E-state index in [1.807, 2.05) is 36.4 Å². The third-order valence-electron chi connectivity index (χ3n) is 5.39. The minimum atomic E-state index is 0.216. The monoisotopic (exact) mass is 404 g/mol. The number of nitrogen functional groups attached to an aromatic ring is 1. The molecule has 1 atom stereocenters. The van der Waals surface area contributed by atoms with Crippen molar-refractivity contribution in [2.45, 2.75) is 25.4 Å². The highest BCUT2D eigenvalue weighted by Crippen LogP contribution is 2.38. The first-order chi connectivity index (χ1) is 14.7. The predicted molar refractivity (Wildman–Crippen MR) is 114 cm³/mol. The van der Waals surface area contributed by atoms with Gasteiger partial charge >= 0.3 is 0 Å². The zero-order valence-corrected chi connectivity index (χ0v) is 16.6. The molecule has 1 saturated heterocycles. The molecule has 0 spiro atoms. The lowest BCUT2D eigenvalue weighted by atomic mass is 10.0. The summed E-state index contributed by atoms with van der Waals surface area (Å²) in [6.45, 7) is 2.77. The molecule has 0 saturated carbocycles. The van der Waals surface area contributed by atoms with E-state index in [1.165, 1.54) is 5.56 Å². The highest BCUT2D eigenvalue weighted by Gasteiger charge is 2.28. The van der Waals surface area contributed by atoms with Gasteiger partial charge in [0, 0.05) is 11.7 Å². The van der Waals surface area contributed by atoms with Gasteiger partial charge < -0.3 is 20.5 Å². The molecule has 2 aromatic carbocycles. The van der Waals surface area contributed by atoms with Crippen LogP contribution in [0.4, 0.5) is 17.6 Å². The molecule has 0 radical (unpaired) electrons. The lowest BCUT2D eigenvalue weighted by molar-refractivity contribution is 0.170. The topological polar surface area (TPSA) is 98.4 Å². The van der Waals surface area contributed by atoms with Gasteiger partial charge in [0.2, 0.25) is 11.9 Å². The summed E-state index contributed by atoms with van der Waals surface area (Å²) >= 11 is 0. The molecular weight excluding hydrogens is 380 g/mol. The Bertz CT molecular complexity index is 1030. The van der Waals surface area contributed by atoms with Crippen LogP contribution in [0.3, 0.4) is 0 Å². The van der Waals surface area contributed by atoms with Gasteiger partial charge in [0.05, 0.1) is 6.54 Å². The fourth-order valence-electron chi connectivity index (χ4n) is 4.06. The summed E-state index contributed by atoms with van der Waals surface area (Å²) in [5.74, 6) is 2.97. The number of nitrogens with two attached hydrogens (primary N) is 1. The van der Waals surface area contributed by atoms with Crippen molar-refractivity contribution in [2.24, 2.45) is 0 Å². The second-order valence-corrected chi connectivity index (χ2v) is 7.46. The lowest BCUT2D eigenvalue weighted by Crippen LogP contribution is -2.25. The first-order valence-corrected chi connectivity index (χ1v) is 10.2. The fourth-order valence-corrected chi connectivity index (χ4v) is 4.06. The van der Waals surface area contributed by atoms with Gasteiger partial charge in [-0.05, 0) is 49.2 Å². The Kier molecular flexibility index (Phi) is 5.06. The number of nitrogens with zero attached hydrogens (tertiary/aromatic N) is 4. The van der Waals surface area contributed by atoms with Crippen LogP contribution < -0.4 is 20.5 Å². The van der Waals surface area contributed by atoms with Crippen molar-refractivity contribution in [2.75, 3.05) is 30.8 Å². The predicted octanol–water partition coefficient (Wildman–Crippen LogP) is 3.31. The third kappa shape index (κ3) is 3.99. The summed E-state index contributed by atoms with van der Waals surface area (Å²) in [5, 5.41) is 3.20. The smallest absolute Gasteiger partial charge is 0.232 e. The Morgan fingerprint density at radius 1 is 1.00 bits per heavy atom. The van der Waals surface area contributed by atoms with E-state index in [9.17, 15) is 0 Å². The van der Waals surface area contributed by atoms with Gasteiger partial charge in [-0.25, -0.2) is 0 Å². The van der Waals surface area contributed by atoms with Crippen molar-refractivity contribution in [1.29, 1.82) is 0 Å². The van der Waals surface area contributed by atoms with Crippen molar-refractivity contribution >= 4 is 17.6 Å². The van der Waals surface area contributed by atoms with Crippen LogP contribution in [0, 0.1) is 0 Å². The molecule has 30 heavy (non-hydrogen) atoms. The Labute approximate surface area is 175 Å². The third-order valence-corrected chi connectivity index (χ3v) is 5.39. The average Bonchev–Trinajstić information content (AvgIpc) is 3.22. The summed E-state index contributed by atoms with van der Waals surface area (Å²) in [6.07, 6.45) is 2.20. The van der Waals surface area contributed by atoms with Gasteiger partial charge in [-0.15, -0.1) is 0 Å². The van der Waals surface area contributed by atoms with Crippen molar-refractivity contribution < 1.29 is 9.47 Å². The van der Waals surface area contributed by atoms with Crippen molar-refractivity contribution in [3.63, 3.8) is 0 Å². The lowest BCUT2D eigenvalue weighted by Gasteiger charge is -2.26. The molecule has 8 nitrogen and oxygen atoms in total. The molecule has 3 heterocycles. The van der Waals surface area contributed by atoms with E-state index in [2.05, 4.69) is 37.3 Å². The van der Waals surface area contributed by atoms with Crippen molar-refractivity contribution in [3.05, 3.63) is 59.9 Å². The normalized spacial score (nSPS) is 18.3. The zero-order valence-electron chi connectivity index (χ0n) is 16.6. The van der Waals surface area contributed by atoms with E-state index < -0.39 is 0 Å². The van der Waals surface area contributed by atoms with Crippen LogP contribution in [-0.4, -0.2) is 39.6 Å². The number of rotatable bonds is 5. The number of para-hydroxylation sites is 1. The Hall–Kier alpha value is -3.39. The first kappa shape index (κ1) is 18.6. The van der Waals surface area contributed by atoms with Gasteiger partial charge in [-0.1, -0.05) is 24.3 Å². The van der Waals surface area contributed by atoms with E-state index in [-0.39, 0.29) is 12.0 Å². The molecule has 3 N–H and O–H groups in total. The molecule has 5 rings (SSSR count). The van der Waals surface area contributed by atoms with Crippen LogP contribution in [0.15, 0.2) is 48.5 Å². The molecule has 2 aliphatic rings. The van der Waals surface area contributed by atoms with Crippen molar-refractivity contribution in [3.8, 4) is 11.5 Å². The Morgan fingerprint density at radius 3 is 2.70 bits per heavy atom. The van der Waals surface area contributed by atoms with E-state index in [4.69, 9.17) is 15.2 Å². The maximum atomic E-state index is 5.96. The summed E-state index contributed by atoms with van der Waals surface area (Å²) < 4.78 is 11.4. The summed E-state index contributed by atoms with van der Waals surface area (Å²) in [6, 6.07) is 16.3. The number of aromatic nitrogens is 3. The fraction of sp³-hybridized carbons (Fsp3) is 0.318. The number of likely N-dealkylation sites (tertiary alicyclic amines) is 1.